The van der Waals surface area contributed by atoms with E-state index in [9.17, 15) is 4.79 Å². The lowest BCUT2D eigenvalue weighted by Gasteiger charge is -2.15. The van der Waals surface area contributed by atoms with E-state index in [-0.39, 0.29) is 5.91 Å². The molecule has 1 aromatic heterocycles. The van der Waals surface area contributed by atoms with Gasteiger partial charge in [-0.05, 0) is 53.2 Å². The van der Waals surface area contributed by atoms with Crippen LogP contribution in [-0.2, 0) is 4.79 Å². The zero-order chi connectivity index (χ0) is 15.4. The molecule has 0 fully saturated rings. The number of nitrogens with one attached hydrogen (secondary N) is 1. The summed E-state index contributed by atoms with van der Waals surface area (Å²) in [7, 11) is 0. The maximum Gasteiger partial charge on any atom is 0.266 e. The molecule has 1 heterocycles. The van der Waals surface area contributed by atoms with E-state index in [4.69, 9.17) is 27.9 Å². The average molecular weight is 390 g/mol. The van der Waals surface area contributed by atoms with Gasteiger partial charge in [-0.25, -0.2) is 4.98 Å². The summed E-state index contributed by atoms with van der Waals surface area (Å²) in [5.74, 6) is 0.518. The summed E-state index contributed by atoms with van der Waals surface area (Å²) in [5.41, 5.74) is 0. The van der Waals surface area contributed by atoms with Crippen molar-refractivity contribution in [3.63, 3.8) is 0 Å². The number of aromatic nitrogens is 1. The molecule has 21 heavy (non-hydrogen) atoms. The molecule has 0 aliphatic heterocycles. The summed E-state index contributed by atoms with van der Waals surface area (Å²) in [6.07, 6.45) is 0.867. The first-order valence-corrected chi connectivity index (χ1v) is 7.55. The normalized spacial score (nSPS) is 11.8. The summed E-state index contributed by atoms with van der Waals surface area (Å²) >= 11 is 15.1. The van der Waals surface area contributed by atoms with E-state index in [0.717, 1.165) is 4.47 Å². The summed E-state index contributed by atoms with van der Waals surface area (Å²) in [4.78, 5) is 16.1. The highest BCUT2D eigenvalue weighted by molar-refractivity contribution is 9.10. The third-order valence-electron chi connectivity index (χ3n) is 2.55. The summed E-state index contributed by atoms with van der Waals surface area (Å²) in [6.45, 7) is 1.62. The smallest absolute Gasteiger partial charge is 0.266 e. The zero-order valence-electron chi connectivity index (χ0n) is 10.9. The van der Waals surface area contributed by atoms with E-state index in [1.54, 1.807) is 43.5 Å². The van der Waals surface area contributed by atoms with E-state index in [0.29, 0.717) is 21.6 Å². The highest BCUT2D eigenvalue weighted by Crippen LogP contribution is 2.28. The van der Waals surface area contributed by atoms with Crippen molar-refractivity contribution >= 4 is 50.9 Å². The Morgan fingerprint density at radius 2 is 2.10 bits per heavy atom. The Kier molecular flexibility index (Phi) is 5.45. The van der Waals surface area contributed by atoms with Crippen LogP contribution < -0.4 is 10.1 Å². The van der Waals surface area contributed by atoms with Gasteiger partial charge in [0.25, 0.3) is 5.91 Å². The van der Waals surface area contributed by atoms with Crippen molar-refractivity contribution in [3.05, 3.63) is 51.0 Å². The predicted molar refractivity (Wildman–Crippen MR) is 87.1 cm³/mol. The van der Waals surface area contributed by atoms with Crippen LogP contribution in [0.3, 0.4) is 0 Å². The average Bonchev–Trinajstić information content (AvgIpc) is 2.44. The Balaban J connectivity index is 2.00. The highest BCUT2D eigenvalue weighted by atomic mass is 79.9. The molecule has 0 aliphatic carbocycles. The Bertz CT molecular complexity index is 650. The van der Waals surface area contributed by atoms with Crippen molar-refractivity contribution in [3.8, 4) is 5.75 Å². The lowest BCUT2D eigenvalue weighted by Crippen LogP contribution is -2.30. The van der Waals surface area contributed by atoms with Gasteiger partial charge in [0.1, 0.15) is 11.6 Å². The minimum Gasteiger partial charge on any atom is -0.479 e. The van der Waals surface area contributed by atoms with Crippen molar-refractivity contribution in [2.45, 2.75) is 13.0 Å². The van der Waals surface area contributed by atoms with Crippen molar-refractivity contribution in [1.82, 2.24) is 4.98 Å². The number of amides is 1. The van der Waals surface area contributed by atoms with Crippen LogP contribution in [0.4, 0.5) is 5.82 Å². The second-order valence-electron chi connectivity index (χ2n) is 4.19. The van der Waals surface area contributed by atoms with Gasteiger partial charge in [0.2, 0.25) is 0 Å². The Morgan fingerprint density at radius 1 is 1.33 bits per heavy atom. The van der Waals surface area contributed by atoms with E-state index in [1.165, 1.54) is 0 Å². The van der Waals surface area contributed by atoms with E-state index >= 15 is 0 Å². The first kappa shape index (κ1) is 16.1. The first-order valence-electron chi connectivity index (χ1n) is 6.00. The largest absolute Gasteiger partial charge is 0.479 e. The molecule has 0 spiro atoms. The molecule has 1 amide bonds. The summed E-state index contributed by atoms with van der Waals surface area (Å²) in [5, 5.41) is 3.51. The van der Waals surface area contributed by atoms with Crippen LogP contribution in [0.2, 0.25) is 10.0 Å². The standard InChI is InChI=1S/C14H11BrCl2N2O2/c1-8(21-12-4-3-10(16)6-11(12)17)14(20)19-13-5-2-9(15)7-18-13/h2-8H,1H3,(H,18,19,20)/t8-/m0/s1. The fourth-order valence-corrected chi connectivity index (χ4v) is 2.18. The molecule has 110 valence electrons. The molecule has 0 unspecified atom stereocenters. The number of benzene rings is 1. The number of halogens is 3. The molecule has 2 rings (SSSR count). The molecular formula is C14H11BrCl2N2O2. The van der Waals surface area contributed by atoms with Crippen molar-refractivity contribution < 1.29 is 9.53 Å². The number of carbonyl (C=O) groups is 1. The predicted octanol–water partition coefficient (Wildman–Crippen LogP) is 4.56. The molecule has 0 aliphatic rings. The lowest BCUT2D eigenvalue weighted by atomic mass is 10.3. The SMILES string of the molecule is C[C@H](Oc1ccc(Cl)cc1Cl)C(=O)Nc1ccc(Br)cn1. The van der Waals surface area contributed by atoms with Crippen LogP contribution in [0.5, 0.6) is 5.75 Å². The molecular weight excluding hydrogens is 379 g/mol. The quantitative estimate of drug-likeness (QED) is 0.833. The Labute approximate surface area is 140 Å². The fourth-order valence-electron chi connectivity index (χ4n) is 1.49. The van der Waals surface area contributed by atoms with Gasteiger partial charge in [-0.2, -0.15) is 0 Å². The molecule has 0 saturated carbocycles. The number of rotatable bonds is 4. The third kappa shape index (κ3) is 4.59. The number of hydrogen-bond donors (Lipinski definition) is 1. The van der Waals surface area contributed by atoms with Gasteiger partial charge in [-0.1, -0.05) is 23.2 Å². The van der Waals surface area contributed by atoms with E-state index in [1.807, 2.05) is 0 Å². The van der Waals surface area contributed by atoms with Crippen LogP contribution in [0.25, 0.3) is 0 Å². The second kappa shape index (κ2) is 7.11. The minimum atomic E-state index is -0.728. The number of anilines is 1. The van der Waals surface area contributed by atoms with Crippen LogP contribution in [0, 0.1) is 0 Å². The maximum atomic E-state index is 12.0. The van der Waals surface area contributed by atoms with Crippen LogP contribution >= 0.6 is 39.1 Å². The molecule has 2 aromatic rings. The second-order valence-corrected chi connectivity index (χ2v) is 5.95. The van der Waals surface area contributed by atoms with Crippen LogP contribution in [0.15, 0.2) is 41.0 Å². The Morgan fingerprint density at radius 3 is 2.71 bits per heavy atom. The van der Waals surface area contributed by atoms with Gasteiger partial charge in [0.15, 0.2) is 6.10 Å². The molecule has 7 heteroatoms. The van der Waals surface area contributed by atoms with Gasteiger partial charge in [0.05, 0.1) is 5.02 Å². The maximum absolute atomic E-state index is 12.0. The minimum absolute atomic E-state index is 0.323. The summed E-state index contributed by atoms with van der Waals surface area (Å²) in [6, 6.07) is 8.28. The van der Waals surface area contributed by atoms with Gasteiger partial charge in [-0.15, -0.1) is 0 Å². The number of nitrogens with zero attached hydrogens (tertiary/aromatic N) is 1. The topological polar surface area (TPSA) is 51.2 Å². The van der Waals surface area contributed by atoms with Crippen molar-refractivity contribution in [1.29, 1.82) is 0 Å². The number of pyridine rings is 1. The molecule has 0 bridgehead atoms. The summed E-state index contributed by atoms with van der Waals surface area (Å²) < 4.78 is 6.35. The van der Waals surface area contributed by atoms with Crippen molar-refractivity contribution in [2.75, 3.05) is 5.32 Å². The molecule has 4 nitrogen and oxygen atoms in total. The molecule has 1 N–H and O–H groups in total. The van der Waals surface area contributed by atoms with E-state index in [2.05, 4.69) is 26.2 Å². The van der Waals surface area contributed by atoms with Gasteiger partial charge in [0, 0.05) is 15.7 Å². The van der Waals surface area contributed by atoms with Crippen LogP contribution in [-0.4, -0.2) is 17.0 Å². The lowest BCUT2D eigenvalue weighted by molar-refractivity contribution is -0.122. The fraction of sp³-hybridized carbons (Fsp3) is 0.143. The molecule has 0 saturated heterocycles. The van der Waals surface area contributed by atoms with Gasteiger partial charge >= 0.3 is 0 Å². The van der Waals surface area contributed by atoms with Crippen LogP contribution in [0.1, 0.15) is 6.92 Å². The van der Waals surface area contributed by atoms with Crippen molar-refractivity contribution in [2.24, 2.45) is 0 Å². The molecule has 0 radical (unpaired) electrons. The zero-order valence-corrected chi connectivity index (χ0v) is 14.0. The third-order valence-corrected chi connectivity index (χ3v) is 3.55. The number of carbonyl (C=O) groups excluding carboxylic acids is 1. The van der Waals surface area contributed by atoms with Gasteiger partial charge < -0.3 is 10.1 Å². The highest BCUT2D eigenvalue weighted by Gasteiger charge is 2.16. The van der Waals surface area contributed by atoms with E-state index < -0.39 is 6.10 Å². The molecule has 1 aromatic carbocycles. The van der Waals surface area contributed by atoms with Gasteiger partial charge in [-0.3, -0.25) is 4.79 Å². The number of ether oxygens (including phenoxy) is 1. The Hall–Kier alpha value is -1.30. The first-order chi connectivity index (χ1) is 9.95. The monoisotopic (exact) mass is 388 g/mol. The molecule has 1 atom stereocenters. The number of hydrogen-bond acceptors (Lipinski definition) is 3.